The van der Waals surface area contributed by atoms with Gasteiger partial charge in [-0.15, -0.1) is 0 Å². The first-order chi connectivity index (χ1) is 34.5. The van der Waals surface area contributed by atoms with Crippen LogP contribution in [0, 0.1) is 0 Å². The number of rotatable bonds is 60. The van der Waals surface area contributed by atoms with E-state index in [0.717, 1.165) is 57.8 Å². The molecule has 0 heterocycles. The van der Waals surface area contributed by atoms with Crippen molar-refractivity contribution < 1.29 is 24.5 Å². The predicted octanol–water partition coefficient (Wildman–Crippen LogP) is 20.0. The van der Waals surface area contributed by atoms with Crippen LogP contribution in [0.4, 0.5) is 0 Å². The van der Waals surface area contributed by atoms with Gasteiger partial charge in [-0.1, -0.05) is 309 Å². The van der Waals surface area contributed by atoms with Crippen molar-refractivity contribution in [2.45, 2.75) is 373 Å². The summed E-state index contributed by atoms with van der Waals surface area (Å²) in [6, 6.07) is -0.563. The van der Waals surface area contributed by atoms with Gasteiger partial charge in [-0.3, -0.25) is 9.59 Å². The molecule has 0 fully saturated rings. The van der Waals surface area contributed by atoms with Gasteiger partial charge in [0.1, 0.15) is 0 Å². The Morgan fingerprint density at radius 1 is 0.386 bits per heavy atom. The Labute approximate surface area is 438 Å². The molecule has 70 heavy (non-hydrogen) atoms. The van der Waals surface area contributed by atoms with Crippen LogP contribution in [0.1, 0.15) is 361 Å². The number of esters is 1. The molecule has 0 aromatic rings. The Morgan fingerprint density at radius 2 is 0.671 bits per heavy atom. The van der Waals surface area contributed by atoms with Crippen LogP contribution in [-0.4, -0.2) is 47.4 Å². The van der Waals surface area contributed by atoms with Gasteiger partial charge in [0.05, 0.1) is 25.4 Å². The first kappa shape index (κ1) is 68.6. The smallest absolute Gasteiger partial charge is 0.305 e. The lowest BCUT2D eigenvalue weighted by molar-refractivity contribution is -0.143. The fourth-order valence-corrected chi connectivity index (χ4v) is 10.2. The highest BCUT2D eigenvalue weighted by Crippen LogP contribution is 2.18. The first-order valence-electron chi connectivity index (χ1n) is 31.9. The zero-order valence-corrected chi connectivity index (χ0v) is 47.5. The van der Waals surface area contributed by atoms with Crippen LogP contribution in [0.5, 0.6) is 0 Å². The van der Waals surface area contributed by atoms with E-state index < -0.39 is 12.1 Å². The van der Waals surface area contributed by atoms with Crippen LogP contribution in [0.15, 0.2) is 12.2 Å². The number of hydrogen-bond donors (Lipinski definition) is 3. The molecule has 0 aromatic heterocycles. The Hall–Kier alpha value is -1.40. The molecule has 0 rings (SSSR count). The minimum atomic E-state index is -0.683. The maximum Gasteiger partial charge on any atom is 0.305 e. The summed E-state index contributed by atoms with van der Waals surface area (Å²) >= 11 is 0. The third-order valence-electron chi connectivity index (χ3n) is 15.1. The summed E-state index contributed by atoms with van der Waals surface area (Å²) in [6.45, 7) is 4.92. The van der Waals surface area contributed by atoms with E-state index in [-0.39, 0.29) is 18.5 Å². The molecule has 0 aliphatic heterocycles. The topological polar surface area (TPSA) is 95.9 Å². The monoisotopic (exact) mass is 988 g/mol. The molecule has 6 heteroatoms. The number of unbranched alkanes of at least 4 members (excludes halogenated alkanes) is 47. The number of amides is 1. The van der Waals surface area contributed by atoms with Crippen molar-refractivity contribution in [3.63, 3.8) is 0 Å². The van der Waals surface area contributed by atoms with Crippen LogP contribution < -0.4 is 5.32 Å². The number of aliphatic hydroxyl groups is 2. The average molecular weight is 989 g/mol. The first-order valence-corrected chi connectivity index (χ1v) is 31.9. The third kappa shape index (κ3) is 55.9. The van der Waals surface area contributed by atoms with Gasteiger partial charge >= 0.3 is 5.97 Å². The van der Waals surface area contributed by atoms with Crippen molar-refractivity contribution in [2.24, 2.45) is 0 Å². The van der Waals surface area contributed by atoms with Gasteiger partial charge in [0.15, 0.2) is 0 Å². The Morgan fingerprint density at radius 3 is 1.01 bits per heavy atom. The van der Waals surface area contributed by atoms with Crippen molar-refractivity contribution in [2.75, 3.05) is 13.2 Å². The standard InChI is InChI=1S/C64H125NO5/c1-3-5-7-9-11-13-15-17-19-21-23-24-25-26-27-28-30-31-33-35-37-40-44-48-52-56-62(67)61(60-66)65-63(68)57-53-49-45-41-39-43-47-51-55-59-70-64(69)58-54-50-46-42-38-36-34-32-29-22-20-18-16-14-12-10-8-6-4-2/h18,20,61-62,66-67H,3-17,19,21-60H2,1-2H3,(H,65,68)/b20-18-. The van der Waals surface area contributed by atoms with Crippen LogP contribution in [0.3, 0.4) is 0 Å². The number of ether oxygens (including phenoxy) is 1. The zero-order chi connectivity index (χ0) is 50.7. The molecule has 0 aliphatic carbocycles. The molecule has 0 radical (unpaired) electrons. The number of aliphatic hydroxyl groups excluding tert-OH is 2. The van der Waals surface area contributed by atoms with E-state index in [1.807, 2.05) is 0 Å². The molecular weight excluding hydrogens is 863 g/mol. The molecular formula is C64H125NO5. The van der Waals surface area contributed by atoms with Crippen LogP contribution in [0.2, 0.25) is 0 Å². The highest BCUT2D eigenvalue weighted by Gasteiger charge is 2.20. The summed E-state index contributed by atoms with van der Waals surface area (Å²) in [6.07, 6.45) is 72.2. The minimum Gasteiger partial charge on any atom is -0.466 e. The second-order valence-corrected chi connectivity index (χ2v) is 22.1. The van der Waals surface area contributed by atoms with E-state index in [4.69, 9.17) is 4.74 Å². The lowest BCUT2D eigenvalue weighted by atomic mass is 10.0. The quantitative estimate of drug-likeness (QED) is 0.0321. The van der Waals surface area contributed by atoms with Gasteiger partial charge in [0.2, 0.25) is 5.91 Å². The third-order valence-corrected chi connectivity index (χ3v) is 15.1. The van der Waals surface area contributed by atoms with E-state index >= 15 is 0 Å². The molecule has 2 unspecified atom stereocenters. The summed E-state index contributed by atoms with van der Waals surface area (Å²) in [7, 11) is 0. The van der Waals surface area contributed by atoms with Gasteiger partial charge < -0.3 is 20.3 Å². The molecule has 0 saturated carbocycles. The van der Waals surface area contributed by atoms with Gasteiger partial charge in [0, 0.05) is 12.8 Å². The summed E-state index contributed by atoms with van der Waals surface area (Å²) in [4.78, 5) is 24.6. The summed E-state index contributed by atoms with van der Waals surface area (Å²) < 4.78 is 5.48. The van der Waals surface area contributed by atoms with E-state index in [2.05, 4.69) is 31.3 Å². The molecule has 0 spiro atoms. The fourth-order valence-electron chi connectivity index (χ4n) is 10.2. The SMILES string of the molecule is CCCCCCCC/C=C\CCCCCCCCCCCC(=O)OCCCCCCCCCCCC(=O)NC(CO)C(O)CCCCCCCCCCCCCCCCCCCCCCCCCCC. The second kappa shape index (κ2) is 60.2. The molecule has 0 aliphatic rings. The molecule has 3 N–H and O–H groups in total. The Bertz CT molecular complexity index is 1050. The zero-order valence-electron chi connectivity index (χ0n) is 47.5. The molecule has 0 aromatic carbocycles. The number of hydrogen-bond acceptors (Lipinski definition) is 5. The van der Waals surface area contributed by atoms with Crippen molar-refractivity contribution >= 4 is 11.9 Å². The highest BCUT2D eigenvalue weighted by atomic mass is 16.5. The molecule has 416 valence electrons. The van der Waals surface area contributed by atoms with Crippen molar-refractivity contribution in [1.29, 1.82) is 0 Å². The number of carbonyl (C=O) groups excluding carboxylic acids is 2. The van der Waals surface area contributed by atoms with Crippen LogP contribution >= 0.6 is 0 Å². The minimum absolute atomic E-state index is 0.0236. The van der Waals surface area contributed by atoms with Crippen LogP contribution in [-0.2, 0) is 14.3 Å². The predicted molar refractivity (Wildman–Crippen MR) is 306 cm³/mol. The Balaban J connectivity index is 3.44. The van der Waals surface area contributed by atoms with Crippen molar-refractivity contribution in [1.82, 2.24) is 5.32 Å². The molecule has 0 saturated heterocycles. The number of allylic oxidation sites excluding steroid dienone is 2. The highest BCUT2D eigenvalue weighted by molar-refractivity contribution is 5.76. The second-order valence-electron chi connectivity index (χ2n) is 22.1. The van der Waals surface area contributed by atoms with Gasteiger partial charge in [-0.25, -0.2) is 0 Å². The fraction of sp³-hybridized carbons (Fsp3) is 0.938. The molecule has 1 amide bonds. The van der Waals surface area contributed by atoms with Crippen molar-refractivity contribution in [3.8, 4) is 0 Å². The van der Waals surface area contributed by atoms with E-state index in [0.29, 0.717) is 25.9 Å². The van der Waals surface area contributed by atoms with E-state index in [9.17, 15) is 19.8 Å². The molecule has 0 bridgehead atoms. The van der Waals surface area contributed by atoms with Gasteiger partial charge in [-0.05, 0) is 51.4 Å². The average Bonchev–Trinajstić information content (AvgIpc) is 3.36. The molecule has 6 nitrogen and oxygen atoms in total. The largest absolute Gasteiger partial charge is 0.466 e. The Kier molecular flexibility index (Phi) is 59.0. The van der Waals surface area contributed by atoms with Gasteiger partial charge in [0.25, 0.3) is 0 Å². The maximum atomic E-state index is 12.5. The lowest BCUT2D eigenvalue weighted by Crippen LogP contribution is -2.45. The van der Waals surface area contributed by atoms with Gasteiger partial charge in [-0.2, -0.15) is 0 Å². The van der Waals surface area contributed by atoms with Crippen molar-refractivity contribution in [3.05, 3.63) is 12.2 Å². The molecule has 2 atom stereocenters. The van der Waals surface area contributed by atoms with E-state index in [1.165, 1.54) is 270 Å². The summed E-state index contributed by atoms with van der Waals surface area (Å²) in [5, 5.41) is 23.4. The summed E-state index contributed by atoms with van der Waals surface area (Å²) in [5.74, 6) is -0.0813. The number of nitrogens with one attached hydrogen (secondary N) is 1. The maximum absolute atomic E-state index is 12.5. The van der Waals surface area contributed by atoms with Crippen LogP contribution in [0.25, 0.3) is 0 Å². The summed E-state index contributed by atoms with van der Waals surface area (Å²) in [5.41, 5.74) is 0. The van der Waals surface area contributed by atoms with E-state index in [1.54, 1.807) is 0 Å². The lowest BCUT2D eigenvalue weighted by Gasteiger charge is -2.22. The normalized spacial score (nSPS) is 12.6. The number of carbonyl (C=O) groups is 2.